The molecule has 0 saturated carbocycles. The summed E-state index contributed by atoms with van der Waals surface area (Å²) in [7, 11) is 0. The molecule has 20 heavy (non-hydrogen) atoms. The van der Waals surface area contributed by atoms with E-state index in [9.17, 15) is 9.59 Å². The predicted octanol–water partition coefficient (Wildman–Crippen LogP) is 0.647. The van der Waals surface area contributed by atoms with E-state index in [2.05, 4.69) is 5.32 Å². The van der Waals surface area contributed by atoms with Crippen molar-refractivity contribution >= 4 is 11.8 Å². The van der Waals surface area contributed by atoms with Crippen molar-refractivity contribution in [3.8, 4) is 0 Å². The van der Waals surface area contributed by atoms with Crippen molar-refractivity contribution < 1.29 is 14.7 Å². The number of amides is 2. The third kappa shape index (κ3) is 3.57. The van der Waals surface area contributed by atoms with E-state index in [1.165, 1.54) is 0 Å². The van der Waals surface area contributed by atoms with Crippen molar-refractivity contribution in [2.24, 2.45) is 5.92 Å². The van der Waals surface area contributed by atoms with Gasteiger partial charge in [0.15, 0.2) is 0 Å². The molecule has 0 aliphatic carbocycles. The number of nitrogens with one attached hydrogen (secondary N) is 1. The van der Waals surface area contributed by atoms with Crippen LogP contribution in [0.5, 0.6) is 0 Å². The molecule has 1 aliphatic heterocycles. The van der Waals surface area contributed by atoms with Gasteiger partial charge >= 0.3 is 0 Å². The largest absolute Gasteiger partial charge is 0.395 e. The molecule has 1 saturated heterocycles. The molecule has 0 aromatic heterocycles. The summed E-state index contributed by atoms with van der Waals surface area (Å²) in [6, 6.07) is 9.20. The van der Waals surface area contributed by atoms with Gasteiger partial charge in [-0.15, -0.1) is 0 Å². The smallest absolute Gasteiger partial charge is 0.253 e. The molecule has 1 fully saturated rings. The maximum absolute atomic E-state index is 12.2. The number of piperidine rings is 1. The van der Waals surface area contributed by atoms with Crippen molar-refractivity contribution in [2.75, 3.05) is 26.2 Å². The van der Waals surface area contributed by atoms with E-state index in [4.69, 9.17) is 5.11 Å². The highest BCUT2D eigenvalue weighted by Crippen LogP contribution is 2.19. The maximum atomic E-state index is 12.2. The zero-order chi connectivity index (χ0) is 14.4. The predicted molar refractivity (Wildman–Crippen MR) is 75.2 cm³/mol. The average molecular weight is 276 g/mol. The summed E-state index contributed by atoms with van der Waals surface area (Å²) in [5.41, 5.74) is 0.690. The van der Waals surface area contributed by atoms with E-state index in [1.807, 2.05) is 30.3 Å². The Morgan fingerprint density at radius 3 is 2.45 bits per heavy atom. The lowest BCUT2D eigenvalue weighted by Crippen LogP contribution is -2.43. The second-order valence-electron chi connectivity index (χ2n) is 4.95. The first-order valence-corrected chi connectivity index (χ1v) is 6.95. The molecule has 0 unspecified atom stereocenters. The number of nitrogens with zero attached hydrogens (tertiary/aromatic N) is 1. The van der Waals surface area contributed by atoms with Crippen LogP contribution >= 0.6 is 0 Å². The molecule has 0 bridgehead atoms. The Morgan fingerprint density at radius 2 is 1.85 bits per heavy atom. The summed E-state index contributed by atoms with van der Waals surface area (Å²) >= 11 is 0. The Hall–Kier alpha value is -1.88. The van der Waals surface area contributed by atoms with Crippen LogP contribution in [0.1, 0.15) is 23.2 Å². The quantitative estimate of drug-likeness (QED) is 0.848. The fourth-order valence-electron chi connectivity index (χ4n) is 2.43. The Labute approximate surface area is 118 Å². The highest BCUT2D eigenvalue weighted by atomic mass is 16.3. The van der Waals surface area contributed by atoms with Crippen molar-refractivity contribution in [1.82, 2.24) is 10.2 Å². The molecule has 1 aromatic carbocycles. The van der Waals surface area contributed by atoms with Gasteiger partial charge in [-0.3, -0.25) is 9.59 Å². The highest BCUT2D eigenvalue weighted by molar-refractivity contribution is 5.94. The van der Waals surface area contributed by atoms with Gasteiger partial charge in [0.1, 0.15) is 0 Å². The third-order valence-corrected chi connectivity index (χ3v) is 3.58. The molecule has 1 heterocycles. The number of carbonyl (C=O) groups is 2. The van der Waals surface area contributed by atoms with Gasteiger partial charge in [-0.2, -0.15) is 0 Å². The number of benzene rings is 1. The minimum Gasteiger partial charge on any atom is -0.395 e. The van der Waals surface area contributed by atoms with Crippen LogP contribution in [0.3, 0.4) is 0 Å². The van der Waals surface area contributed by atoms with Gasteiger partial charge in [0.2, 0.25) is 5.91 Å². The summed E-state index contributed by atoms with van der Waals surface area (Å²) in [6.07, 6.45) is 1.35. The fraction of sp³-hybridized carbons (Fsp3) is 0.467. The normalized spacial score (nSPS) is 15.9. The van der Waals surface area contributed by atoms with Crippen molar-refractivity contribution in [1.29, 1.82) is 0 Å². The molecule has 108 valence electrons. The number of aliphatic hydroxyl groups excluding tert-OH is 1. The fourth-order valence-corrected chi connectivity index (χ4v) is 2.43. The molecule has 1 aromatic rings. The summed E-state index contributed by atoms with van der Waals surface area (Å²) in [6.45, 7) is 1.45. The average Bonchev–Trinajstić information content (AvgIpc) is 2.53. The molecular formula is C15H20N2O3. The number of likely N-dealkylation sites (tertiary alicyclic amines) is 1. The van der Waals surface area contributed by atoms with Crippen LogP contribution in [0.25, 0.3) is 0 Å². The topological polar surface area (TPSA) is 69.6 Å². The molecule has 1 aliphatic rings. The number of hydrogen-bond acceptors (Lipinski definition) is 3. The minimum absolute atomic E-state index is 0.0224. The highest BCUT2D eigenvalue weighted by Gasteiger charge is 2.27. The lowest BCUT2D eigenvalue weighted by molar-refractivity contribution is -0.126. The van der Waals surface area contributed by atoms with Gasteiger partial charge < -0.3 is 15.3 Å². The zero-order valence-electron chi connectivity index (χ0n) is 11.4. The van der Waals surface area contributed by atoms with Crippen LogP contribution < -0.4 is 5.32 Å². The van der Waals surface area contributed by atoms with Gasteiger partial charge in [-0.05, 0) is 25.0 Å². The van der Waals surface area contributed by atoms with Crippen LogP contribution in [0.4, 0.5) is 0 Å². The lowest BCUT2D eigenvalue weighted by Gasteiger charge is -2.31. The summed E-state index contributed by atoms with van der Waals surface area (Å²) in [4.78, 5) is 25.8. The molecule has 0 spiro atoms. The minimum atomic E-state index is -0.0543. The monoisotopic (exact) mass is 276 g/mol. The van der Waals surface area contributed by atoms with Crippen LogP contribution in [0.15, 0.2) is 30.3 Å². The molecule has 2 rings (SSSR count). The number of hydrogen-bond donors (Lipinski definition) is 2. The van der Waals surface area contributed by atoms with E-state index >= 15 is 0 Å². The second kappa shape index (κ2) is 7.05. The number of rotatable bonds is 4. The van der Waals surface area contributed by atoms with Crippen molar-refractivity contribution in [3.63, 3.8) is 0 Å². The summed E-state index contributed by atoms with van der Waals surface area (Å²) in [5.74, 6) is -0.0490. The standard InChI is InChI=1S/C15H20N2O3/c18-11-8-16-14(19)12-6-9-17(10-7-12)15(20)13-4-2-1-3-5-13/h1-5,12,18H,6-11H2,(H,16,19). The van der Waals surface area contributed by atoms with E-state index in [0.29, 0.717) is 38.0 Å². The molecule has 5 nitrogen and oxygen atoms in total. The number of aliphatic hydroxyl groups is 1. The Balaban J connectivity index is 1.85. The molecular weight excluding hydrogens is 256 g/mol. The van der Waals surface area contributed by atoms with Crippen LogP contribution in [0, 0.1) is 5.92 Å². The summed E-state index contributed by atoms with van der Waals surface area (Å²) < 4.78 is 0. The van der Waals surface area contributed by atoms with E-state index in [1.54, 1.807) is 4.90 Å². The van der Waals surface area contributed by atoms with Gasteiger partial charge in [-0.25, -0.2) is 0 Å². The Bertz CT molecular complexity index is 453. The number of carbonyl (C=O) groups excluding carboxylic acids is 2. The molecule has 0 radical (unpaired) electrons. The van der Waals surface area contributed by atoms with Crippen LogP contribution in [0.2, 0.25) is 0 Å². The zero-order valence-corrected chi connectivity index (χ0v) is 11.4. The lowest BCUT2D eigenvalue weighted by atomic mass is 9.95. The van der Waals surface area contributed by atoms with Gasteiger partial charge in [0.05, 0.1) is 6.61 Å². The second-order valence-corrected chi connectivity index (χ2v) is 4.95. The van der Waals surface area contributed by atoms with E-state index in [0.717, 1.165) is 0 Å². The SMILES string of the molecule is O=C(NCCO)C1CCN(C(=O)c2ccccc2)CC1. The molecule has 5 heteroatoms. The van der Waals surface area contributed by atoms with Crippen LogP contribution in [-0.2, 0) is 4.79 Å². The van der Waals surface area contributed by atoms with Crippen molar-refractivity contribution in [2.45, 2.75) is 12.8 Å². The Kier molecular flexibility index (Phi) is 5.12. The van der Waals surface area contributed by atoms with E-state index < -0.39 is 0 Å². The van der Waals surface area contributed by atoms with E-state index in [-0.39, 0.29) is 24.3 Å². The first kappa shape index (κ1) is 14.5. The molecule has 2 N–H and O–H groups in total. The molecule has 2 amide bonds. The summed E-state index contributed by atoms with van der Waals surface area (Å²) in [5, 5.41) is 11.4. The maximum Gasteiger partial charge on any atom is 0.253 e. The van der Waals surface area contributed by atoms with Gasteiger partial charge in [-0.1, -0.05) is 18.2 Å². The first-order chi connectivity index (χ1) is 9.72. The van der Waals surface area contributed by atoms with Gasteiger partial charge in [0.25, 0.3) is 5.91 Å². The van der Waals surface area contributed by atoms with Gasteiger partial charge in [0, 0.05) is 31.1 Å². The first-order valence-electron chi connectivity index (χ1n) is 6.95. The molecule has 0 atom stereocenters. The van der Waals surface area contributed by atoms with Crippen molar-refractivity contribution in [3.05, 3.63) is 35.9 Å². The van der Waals surface area contributed by atoms with Crippen LogP contribution in [-0.4, -0.2) is 48.1 Å². The Morgan fingerprint density at radius 1 is 1.20 bits per heavy atom. The third-order valence-electron chi connectivity index (χ3n) is 3.58.